The Labute approximate surface area is 191 Å². The molecule has 1 unspecified atom stereocenters. The second-order valence-corrected chi connectivity index (χ2v) is 8.80. The zero-order valence-corrected chi connectivity index (χ0v) is 19.2. The minimum absolute atomic E-state index is 0.0183. The number of hydrogen-bond donors (Lipinski definition) is 2. The predicted molar refractivity (Wildman–Crippen MR) is 128 cm³/mol. The molecule has 0 saturated carbocycles. The zero-order chi connectivity index (χ0) is 22.9. The maximum Gasteiger partial charge on any atom is 0.224 e. The first-order chi connectivity index (χ1) is 15.4. The first-order valence-electron chi connectivity index (χ1n) is 11.5. The molecule has 1 aliphatic heterocycles. The van der Waals surface area contributed by atoms with E-state index >= 15 is 0 Å². The molecule has 2 amide bonds. The molecule has 1 fully saturated rings. The summed E-state index contributed by atoms with van der Waals surface area (Å²) in [7, 11) is 0. The maximum absolute atomic E-state index is 12.2. The van der Waals surface area contributed by atoms with Gasteiger partial charge in [-0.15, -0.1) is 0 Å². The van der Waals surface area contributed by atoms with Crippen LogP contribution in [0.5, 0.6) is 5.75 Å². The van der Waals surface area contributed by atoms with E-state index in [0.29, 0.717) is 13.0 Å². The van der Waals surface area contributed by atoms with Crippen LogP contribution >= 0.6 is 0 Å². The smallest absolute Gasteiger partial charge is 0.224 e. The van der Waals surface area contributed by atoms with Crippen LogP contribution in [0.2, 0.25) is 0 Å². The number of carbonyl (C=O) groups is 2. The number of hydrogen-bond acceptors (Lipinski definition) is 4. The number of primary amides is 1. The van der Waals surface area contributed by atoms with Crippen molar-refractivity contribution in [2.45, 2.75) is 52.5 Å². The van der Waals surface area contributed by atoms with Crippen molar-refractivity contribution in [2.75, 3.05) is 25.0 Å². The van der Waals surface area contributed by atoms with Crippen LogP contribution in [0.15, 0.2) is 42.5 Å². The molecular weight excluding hydrogens is 402 g/mol. The number of anilines is 1. The highest BCUT2D eigenvalue weighted by Crippen LogP contribution is 2.20. The Kier molecular flexibility index (Phi) is 8.68. The largest absolute Gasteiger partial charge is 0.493 e. The van der Waals surface area contributed by atoms with Crippen LogP contribution in [-0.2, 0) is 16.1 Å². The summed E-state index contributed by atoms with van der Waals surface area (Å²) in [6, 6.07) is 14.1. The summed E-state index contributed by atoms with van der Waals surface area (Å²) in [6.45, 7) is 7.20. The minimum Gasteiger partial charge on any atom is -0.493 e. The highest BCUT2D eigenvalue weighted by molar-refractivity contribution is 5.90. The van der Waals surface area contributed by atoms with Crippen LogP contribution in [0.3, 0.4) is 0 Å². The normalized spacial score (nSPS) is 16.5. The lowest BCUT2D eigenvalue weighted by Crippen LogP contribution is -2.40. The lowest BCUT2D eigenvalue weighted by molar-refractivity contribution is -0.123. The summed E-state index contributed by atoms with van der Waals surface area (Å²) in [5.74, 6) is 0.687. The second kappa shape index (κ2) is 11.7. The summed E-state index contributed by atoms with van der Waals surface area (Å²) in [5, 5.41) is 2.97. The topological polar surface area (TPSA) is 84.7 Å². The van der Waals surface area contributed by atoms with E-state index in [4.69, 9.17) is 10.5 Å². The molecule has 3 N–H and O–H groups in total. The Morgan fingerprint density at radius 3 is 2.66 bits per heavy atom. The molecule has 2 aromatic carbocycles. The lowest BCUT2D eigenvalue weighted by Gasteiger charge is -2.31. The van der Waals surface area contributed by atoms with Crippen LogP contribution in [0.1, 0.15) is 48.8 Å². The molecule has 32 heavy (non-hydrogen) atoms. The Morgan fingerprint density at radius 2 is 1.91 bits per heavy atom. The van der Waals surface area contributed by atoms with Gasteiger partial charge in [-0.25, -0.2) is 0 Å². The predicted octanol–water partition coefficient (Wildman–Crippen LogP) is 4.19. The molecule has 0 radical (unpaired) electrons. The summed E-state index contributed by atoms with van der Waals surface area (Å²) >= 11 is 0. The van der Waals surface area contributed by atoms with Crippen molar-refractivity contribution < 1.29 is 14.3 Å². The standard InChI is InChI=1S/C26H35N3O3/c1-19-8-9-20(2)24(16-19)32-15-4-3-7-25(30)28-23-12-10-21(11-13-23)17-29-14-5-6-22(18-29)26(27)31/h8-13,16,22H,3-7,14-15,17-18H2,1-2H3,(H2,27,31)(H,28,30). The number of carbonyl (C=O) groups excluding carboxylic acids is 2. The van der Waals surface area contributed by atoms with Crippen LogP contribution < -0.4 is 15.8 Å². The van der Waals surface area contributed by atoms with Crippen molar-refractivity contribution in [3.05, 3.63) is 59.2 Å². The van der Waals surface area contributed by atoms with E-state index in [-0.39, 0.29) is 17.7 Å². The lowest BCUT2D eigenvalue weighted by atomic mass is 9.97. The molecule has 0 spiro atoms. The maximum atomic E-state index is 12.2. The van der Waals surface area contributed by atoms with Gasteiger partial charge in [0.2, 0.25) is 11.8 Å². The van der Waals surface area contributed by atoms with E-state index in [9.17, 15) is 9.59 Å². The van der Waals surface area contributed by atoms with E-state index in [1.807, 2.05) is 37.3 Å². The summed E-state index contributed by atoms with van der Waals surface area (Å²) in [4.78, 5) is 26.0. The zero-order valence-electron chi connectivity index (χ0n) is 19.2. The number of aryl methyl sites for hydroxylation is 2. The third-order valence-electron chi connectivity index (χ3n) is 5.95. The molecule has 1 heterocycles. The second-order valence-electron chi connectivity index (χ2n) is 8.80. The van der Waals surface area contributed by atoms with Gasteiger partial charge >= 0.3 is 0 Å². The fraction of sp³-hybridized carbons (Fsp3) is 0.462. The molecule has 1 aliphatic rings. The number of nitrogens with one attached hydrogen (secondary N) is 1. The number of piperidine rings is 1. The molecular formula is C26H35N3O3. The summed E-state index contributed by atoms with van der Waals surface area (Å²) in [5.41, 5.74) is 9.75. The monoisotopic (exact) mass is 437 g/mol. The van der Waals surface area contributed by atoms with Gasteiger partial charge in [0.05, 0.1) is 12.5 Å². The van der Waals surface area contributed by atoms with Crippen molar-refractivity contribution >= 4 is 17.5 Å². The van der Waals surface area contributed by atoms with E-state index in [1.54, 1.807) is 0 Å². The molecule has 0 aromatic heterocycles. The number of amides is 2. The van der Waals surface area contributed by atoms with Gasteiger partial charge in [-0.05, 0) is 81.0 Å². The first-order valence-corrected chi connectivity index (χ1v) is 11.5. The third-order valence-corrected chi connectivity index (χ3v) is 5.95. The number of unbranched alkanes of at least 4 members (excludes halogenated alkanes) is 1. The van der Waals surface area contributed by atoms with Gasteiger partial charge in [-0.3, -0.25) is 14.5 Å². The van der Waals surface area contributed by atoms with E-state index < -0.39 is 0 Å². The number of benzene rings is 2. The van der Waals surface area contributed by atoms with Crippen molar-refractivity contribution in [1.29, 1.82) is 0 Å². The molecule has 2 aromatic rings. The molecule has 172 valence electrons. The summed E-state index contributed by atoms with van der Waals surface area (Å²) in [6.07, 6.45) is 3.97. The van der Waals surface area contributed by atoms with Gasteiger partial charge in [0.15, 0.2) is 0 Å². The Balaban J connectivity index is 1.35. The highest BCUT2D eigenvalue weighted by Gasteiger charge is 2.23. The quantitative estimate of drug-likeness (QED) is 0.546. The van der Waals surface area contributed by atoms with Crippen molar-refractivity contribution in [3.8, 4) is 5.75 Å². The number of rotatable bonds is 10. The van der Waals surface area contributed by atoms with E-state index in [1.165, 1.54) is 5.56 Å². The third kappa shape index (κ3) is 7.38. The van der Waals surface area contributed by atoms with Gasteiger partial charge < -0.3 is 15.8 Å². The molecule has 1 atom stereocenters. The Bertz CT molecular complexity index is 911. The van der Waals surface area contributed by atoms with Gasteiger partial charge in [-0.1, -0.05) is 24.3 Å². The molecule has 0 bridgehead atoms. The molecule has 1 saturated heterocycles. The van der Waals surface area contributed by atoms with Crippen LogP contribution in [0.4, 0.5) is 5.69 Å². The molecule has 0 aliphatic carbocycles. The number of likely N-dealkylation sites (tertiary alicyclic amines) is 1. The van der Waals surface area contributed by atoms with Crippen LogP contribution in [-0.4, -0.2) is 36.4 Å². The number of ether oxygens (including phenoxy) is 1. The summed E-state index contributed by atoms with van der Waals surface area (Å²) < 4.78 is 5.85. The van der Waals surface area contributed by atoms with Crippen molar-refractivity contribution in [3.63, 3.8) is 0 Å². The number of nitrogens with two attached hydrogens (primary N) is 1. The van der Waals surface area contributed by atoms with Crippen LogP contribution in [0, 0.1) is 19.8 Å². The van der Waals surface area contributed by atoms with E-state index in [0.717, 1.165) is 67.9 Å². The SMILES string of the molecule is Cc1ccc(C)c(OCCCCC(=O)Nc2ccc(CN3CCCC(C(N)=O)C3)cc2)c1. The Hall–Kier alpha value is -2.86. The molecule has 6 heteroatoms. The van der Waals surface area contributed by atoms with Crippen molar-refractivity contribution in [1.82, 2.24) is 4.90 Å². The average Bonchev–Trinajstić information content (AvgIpc) is 2.77. The minimum atomic E-state index is -0.204. The number of nitrogens with zero attached hydrogens (tertiary/aromatic N) is 1. The molecule has 3 rings (SSSR count). The fourth-order valence-electron chi connectivity index (χ4n) is 4.04. The van der Waals surface area contributed by atoms with Gasteiger partial charge in [0.25, 0.3) is 0 Å². The average molecular weight is 438 g/mol. The first kappa shape index (κ1) is 23.8. The fourth-order valence-corrected chi connectivity index (χ4v) is 4.04. The molecule has 6 nitrogen and oxygen atoms in total. The van der Waals surface area contributed by atoms with Crippen LogP contribution in [0.25, 0.3) is 0 Å². The van der Waals surface area contributed by atoms with E-state index in [2.05, 4.69) is 29.3 Å². The Morgan fingerprint density at radius 1 is 1.12 bits per heavy atom. The van der Waals surface area contributed by atoms with Gasteiger partial charge in [0.1, 0.15) is 5.75 Å². The van der Waals surface area contributed by atoms with Crippen molar-refractivity contribution in [2.24, 2.45) is 11.7 Å². The van der Waals surface area contributed by atoms with Gasteiger partial charge in [-0.2, -0.15) is 0 Å². The highest BCUT2D eigenvalue weighted by atomic mass is 16.5. The van der Waals surface area contributed by atoms with Gasteiger partial charge in [0, 0.05) is 25.2 Å².